The lowest BCUT2D eigenvalue weighted by molar-refractivity contribution is 1.10. The van der Waals surface area contributed by atoms with Crippen LogP contribution < -0.4 is 16.4 Å². The van der Waals surface area contributed by atoms with E-state index >= 15 is 0 Å². The third-order valence-corrected chi connectivity index (χ3v) is 13.4. The van der Waals surface area contributed by atoms with E-state index in [2.05, 4.69) is 168 Å². The molecule has 7 heterocycles. The van der Waals surface area contributed by atoms with E-state index in [1.165, 1.54) is 10.9 Å². The molecule has 0 saturated carbocycles. The van der Waals surface area contributed by atoms with E-state index in [0.717, 1.165) is 105 Å². The minimum absolute atomic E-state index is 0.227. The Hall–Kier alpha value is -8.72. The first-order chi connectivity index (χ1) is 30.7. The van der Waals surface area contributed by atoms with Crippen LogP contribution in [0.2, 0.25) is 0 Å². The highest BCUT2D eigenvalue weighted by atomic mass is 15.1. The monoisotopic (exact) mass is 785 g/mol. The van der Waals surface area contributed by atoms with Crippen molar-refractivity contribution >= 4 is 94.2 Å². The topological polar surface area (TPSA) is 68.7 Å². The van der Waals surface area contributed by atoms with Gasteiger partial charge in [-0.15, -0.1) is 0 Å². The lowest BCUT2D eigenvalue weighted by Gasteiger charge is -2.36. The molecule has 0 bridgehead atoms. The third kappa shape index (κ3) is 4.03. The van der Waals surface area contributed by atoms with Crippen molar-refractivity contribution in [2.24, 2.45) is 0 Å². The normalized spacial score (nSPS) is 12.5. The van der Waals surface area contributed by atoms with Gasteiger partial charge in [0.1, 0.15) is 6.07 Å². The quantitative estimate of drug-likeness (QED) is 0.132. The number of nitriles is 1. The van der Waals surface area contributed by atoms with Crippen molar-refractivity contribution < 1.29 is 0 Å². The molecular weight excluding hydrogens is 757 g/mol. The number of fused-ring (bicyclic) bond motifs is 13. The standard InChI is InChI=1S/C54H28BN7/c1-57-49-53(60-46-26-31(33-10-8-24-58-29-33)20-22-37(46)38-23-21-32(27-47(38)60)34-11-9-25-59-30-34)41(28-56)52-48-54(49)62-45-19-5-3-13-36(45)40-15-7-17-43(51(40)62)55(48)42-16-6-14-39-35-12-2-4-18-44(35)61(52)50(39)42/h2-27,29-30H. The molecule has 0 atom stereocenters. The van der Waals surface area contributed by atoms with Gasteiger partial charge in [-0.05, 0) is 63.9 Å². The lowest BCUT2D eigenvalue weighted by Crippen LogP contribution is -2.59. The zero-order chi connectivity index (χ0) is 40.8. The van der Waals surface area contributed by atoms with Gasteiger partial charge in [0.25, 0.3) is 6.71 Å². The fourth-order valence-corrected chi connectivity index (χ4v) is 11.1. The molecule has 0 unspecified atom stereocenters. The molecular formula is C54H28BN7. The Morgan fingerprint density at radius 1 is 0.484 bits per heavy atom. The Bertz CT molecular complexity index is 3810. The number of hydrogen-bond donors (Lipinski definition) is 0. The van der Waals surface area contributed by atoms with E-state index in [-0.39, 0.29) is 6.71 Å². The Labute approximate surface area is 354 Å². The van der Waals surface area contributed by atoms with Crippen LogP contribution in [-0.2, 0) is 0 Å². The van der Waals surface area contributed by atoms with Gasteiger partial charge in [0.2, 0.25) is 5.69 Å². The molecule has 2 aliphatic rings. The summed E-state index contributed by atoms with van der Waals surface area (Å²) in [6.07, 6.45) is 7.32. The van der Waals surface area contributed by atoms with Crippen molar-refractivity contribution in [3.63, 3.8) is 0 Å². The molecule has 7 nitrogen and oxygen atoms in total. The maximum atomic E-state index is 12.0. The lowest BCUT2D eigenvalue weighted by atomic mass is 9.34. The Morgan fingerprint density at radius 2 is 1.00 bits per heavy atom. The van der Waals surface area contributed by atoms with Crippen LogP contribution in [0.5, 0.6) is 0 Å². The molecule has 62 heavy (non-hydrogen) atoms. The minimum atomic E-state index is -0.227. The second-order valence-electron chi connectivity index (χ2n) is 16.3. The molecule has 0 spiro atoms. The van der Waals surface area contributed by atoms with E-state index < -0.39 is 0 Å². The Balaban J connectivity index is 1.25. The van der Waals surface area contributed by atoms with Gasteiger partial charge in [0, 0.05) is 79.3 Å². The fourth-order valence-electron chi connectivity index (χ4n) is 11.1. The molecule has 2 aliphatic heterocycles. The van der Waals surface area contributed by atoms with Crippen molar-refractivity contribution in [1.29, 1.82) is 5.26 Å². The molecule has 8 heteroatoms. The summed E-state index contributed by atoms with van der Waals surface area (Å²) in [6.45, 7) is 9.12. The predicted molar refractivity (Wildman–Crippen MR) is 252 cm³/mol. The molecule has 0 aliphatic carbocycles. The van der Waals surface area contributed by atoms with Gasteiger partial charge in [-0.25, -0.2) is 4.85 Å². The molecule has 282 valence electrons. The second kappa shape index (κ2) is 11.9. The number of benzene rings is 7. The van der Waals surface area contributed by atoms with Crippen LogP contribution in [0.3, 0.4) is 0 Å². The predicted octanol–water partition coefficient (Wildman–Crippen LogP) is 10.7. The molecule has 5 aromatic heterocycles. The van der Waals surface area contributed by atoms with Crippen LogP contribution in [0.1, 0.15) is 5.56 Å². The Kier molecular flexibility index (Phi) is 6.39. The van der Waals surface area contributed by atoms with Gasteiger partial charge in [-0.1, -0.05) is 109 Å². The van der Waals surface area contributed by atoms with Crippen LogP contribution in [0, 0.1) is 17.9 Å². The first-order valence-electron chi connectivity index (χ1n) is 20.7. The van der Waals surface area contributed by atoms with Crippen LogP contribution in [0.4, 0.5) is 5.69 Å². The summed E-state index contributed by atoms with van der Waals surface area (Å²) in [5.41, 5.74) is 16.4. The number of aromatic nitrogens is 5. The molecule has 14 rings (SSSR count). The maximum Gasteiger partial charge on any atom is 0.250 e. The van der Waals surface area contributed by atoms with Gasteiger partial charge in [-0.2, -0.15) is 5.26 Å². The molecule has 12 aromatic rings. The van der Waals surface area contributed by atoms with Crippen LogP contribution >= 0.6 is 0 Å². The minimum Gasteiger partial charge on any atom is -0.320 e. The summed E-state index contributed by atoms with van der Waals surface area (Å²) in [5.74, 6) is 0. The number of nitrogens with zero attached hydrogens (tertiary/aromatic N) is 7. The van der Waals surface area contributed by atoms with E-state index in [4.69, 9.17) is 0 Å². The van der Waals surface area contributed by atoms with Crippen molar-refractivity contribution in [2.45, 2.75) is 0 Å². The summed E-state index contributed by atoms with van der Waals surface area (Å²) in [7, 11) is 0. The largest absolute Gasteiger partial charge is 0.320 e. The second-order valence-corrected chi connectivity index (χ2v) is 16.3. The van der Waals surface area contributed by atoms with Gasteiger partial charge < -0.3 is 13.7 Å². The first kappa shape index (κ1) is 33.2. The van der Waals surface area contributed by atoms with Gasteiger partial charge in [0.15, 0.2) is 0 Å². The van der Waals surface area contributed by atoms with E-state index in [1.54, 1.807) is 12.4 Å². The number of para-hydroxylation sites is 4. The van der Waals surface area contributed by atoms with E-state index in [9.17, 15) is 11.8 Å². The van der Waals surface area contributed by atoms with Gasteiger partial charge in [-0.3, -0.25) is 9.97 Å². The van der Waals surface area contributed by atoms with Crippen LogP contribution in [-0.4, -0.2) is 30.4 Å². The molecule has 0 amide bonds. The average molecular weight is 786 g/mol. The molecule has 0 N–H and O–H groups in total. The summed E-state index contributed by atoms with van der Waals surface area (Å²) in [4.78, 5) is 13.5. The highest BCUT2D eigenvalue weighted by molar-refractivity contribution is 7.00. The summed E-state index contributed by atoms with van der Waals surface area (Å²) in [6, 6.07) is 54.1. The molecule has 0 fully saturated rings. The maximum absolute atomic E-state index is 12.0. The van der Waals surface area contributed by atoms with Crippen LogP contribution in [0.15, 0.2) is 170 Å². The van der Waals surface area contributed by atoms with E-state index in [0.29, 0.717) is 16.9 Å². The van der Waals surface area contributed by atoms with Gasteiger partial charge >= 0.3 is 0 Å². The molecule has 7 aromatic carbocycles. The first-order valence-corrected chi connectivity index (χ1v) is 20.7. The van der Waals surface area contributed by atoms with E-state index in [1.807, 2.05) is 24.5 Å². The third-order valence-electron chi connectivity index (χ3n) is 13.4. The number of hydrogen-bond acceptors (Lipinski definition) is 3. The highest BCUT2D eigenvalue weighted by Crippen LogP contribution is 2.48. The highest BCUT2D eigenvalue weighted by Gasteiger charge is 2.44. The number of pyridine rings is 2. The summed E-state index contributed by atoms with van der Waals surface area (Å²) in [5, 5.41) is 18.5. The zero-order valence-electron chi connectivity index (χ0n) is 32.9. The smallest absolute Gasteiger partial charge is 0.250 e. The van der Waals surface area contributed by atoms with Crippen molar-refractivity contribution in [3.8, 4) is 45.4 Å². The molecule has 0 saturated heterocycles. The van der Waals surface area contributed by atoms with Crippen LogP contribution in [0.25, 0.3) is 110 Å². The fraction of sp³-hybridized carbons (Fsp3) is 0. The average Bonchev–Trinajstić information content (AvgIpc) is 3.97. The van der Waals surface area contributed by atoms with Gasteiger partial charge in [0.05, 0.1) is 51.3 Å². The Morgan fingerprint density at radius 3 is 1.52 bits per heavy atom. The van der Waals surface area contributed by atoms with Crippen molar-refractivity contribution in [3.05, 3.63) is 187 Å². The zero-order valence-corrected chi connectivity index (χ0v) is 32.9. The summed E-state index contributed by atoms with van der Waals surface area (Å²) >= 11 is 0. The van der Waals surface area contributed by atoms with Crippen molar-refractivity contribution in [2.75, 3.05) is 0 Å². The SMILES string of the molecule is [C-]#[N+]c1c(-n2c3cc(-c4cccnc4)ccc3c3ccc(-c4cccnc4)cc32)c(C#N)c2c3c1-n1c4ccccc4c4cccc(c41)B3c1cccc3c4ccccc4n-2c13. The van der Waals surface area contributed by atoms with Crippen molar-refractivity contribution in [1.82, 2.24) is 23.7 Å². The molecule has 0 radical (unpaired) electrons. The number of rotatable bonds is 3. The summed E-state index contributed by atoms with van der Waals surface area (Å²) < 4.78 is 6.87.